The third kappa shape index (κ3) is 5.73. The third-order valence-corrected chi connectivity index (χ3v) is 3.19. The summed E-state index contributed by atoms with van der Waals surface area (Å²) in [6.45, 7) is 7.59. The Morgan fingerprint density at radius 3 is 2.55 bits per heavy atom. The highest BCUT2D eigenvalue weighted by molar-refractivity contribution is 5.85. The Balaban J connectivity index is 0.00000361. The molecule has 0 amide bonds. The molecule has 0 radical (unpaired) electrons. The number of hydrogen-bond donors (Lipinski definition) is 1. The van der Waals surface area contributed by atoms with Crippen LogP contribution >= 0.6 is 12.4 Å². The molecule has 1 N–H and O–H groups in total. The van der Waals surface area contributed by atoms with E-state index in [2.05, 4.69) is 32.0 Å². The van der Waals surface area contributed by atoms with Crippen LogP contribution in [0.1, 0.15) is 32.8 Å². The quantitative estimate of drug-likeness (QED) is 0.782. The van der Waals surface area contributed by atoms with E-state index in [0.717, 1.165) is 18.5 Å². The SMILES string of the molecule is C#CCOc1ccc(CNC(C)(C)CC)cc1OC.Cl. The summed E-state index contributed by atoms with van der Waals surface area (Å²) in [5.41, 5.74) is 1.29. The molecule has 0 heterocycles. The molecule has 0 bridgehead atoms. The summed E-state index contributed by atoms with van der Waals surface area (Å²) in [6, 6.07) is 5.89. The van der Waals surface area contributed by atoms with Gasteiger partial charge < -0.3 is 14.8 Å². The molecule has 0 unspecified atom stereocenters. The highest BCUT2D eigenvalue weighted by Gasteiger charge is 2.14. The van der Waals surface area contributed by atoms with Crippen molar-refractivity contribution in [3.8, 4) is 23.8 Å². The number of nitrogens with one attached hydrogen (secondary N) is 1. The van der Waals surface area contributed by atoms with Crippen LogP contribution in [-0.2, 0) is 6.54 Å². The van der Waals surface area contributed by atoms with Gasteiger partial charge in [0.05, 0.1) is 7.11 Å². The van der Waals surface area contributed by atoms with Crippen molar-refractivity contribution in [1.82, 2.24) is 5.32 Å². The summed E-state index contributed by atoms with van der Waals surface area (Å²) < 4.78 is 10.7. The van der Waals surface area contributed by atoms with Gasteiger partial charge in [0.2, 0.25) is 0 Å². The van der Waals surface area contributed by atoms with Crippen LogP contribution in [0.4, 0.5) is 0 Å². The zero-order valence-corrected chi connectivity index (χ0v) is 13.5. The maximum atomic E-state index is 5.42. The van der Waals surface area contributed by atoms with Crippen LogP contribution in [0.2, 0.25) is 0 Å². The van der Waals surface area contributed by atoms with E-state index in [4.69, 9.17) is 15.9 Å². The lowest BCUT2D eigenvalue weighted by Gasteiger charge is -2.24. The van der Waals surface area contributed by atoms with E-state index in [9.17, 15) is 0 Å². The van der Waals surface area contributed by atoms with E-state index in [-0.39, 0.29) is 24.6 Å². The van der Waals surface area contributed by atoms with E-state index >= 15 is 0 Å². The Kier molecular flexibility index (Phi) is 8.13. The average Bonchev–Trinajstić information content (AvgIpc) is 2.43. The highest BCUT2D eigenvalue weighted by Crippen LogP contribution is 2.28. The number of ether oxygens (including phenoxy) is 2. The Labute approximate surface area is 128 Å². The normalized spacial score (nSPS) is 10.3. The van der Waals surface area contributed by atoms with E-state index < -0.39 is 0 Å². The number of benzene rings is 1. The second kappa shape index (κ2) is 8.73. The topological polar surface area (TPSA) is 30.5 Å². The molecule has 1 aromatic carbocycles. The van der Waals surface area contributed by atoms with Gasteiger partial charge in [-0.15, -0.1) is 18.8 Å². The molecule has 0 aliphatic heterocycles. The first-order valence-electron chi connectivity index (χ1n) is 6.50. The minimum Gasteiger partial charge on any atom is -0.493 e. The van der Waals surface area contributed by atoms with Gasteiger partial charge in [-0.2, -0.15) is 0 Å². The molecule has 0 aromatic heterocycles. The predicted molar refractivity (Wildman–Crippen MR) is 85.8 cm³/mol. The monoisotopic (exact) mass is 297 g/mol. The summed E-state index contributed by atoms with van der Waals surface area (Å²) >= 11 is 0. The Morgan fingerprint density at radius 2 is 2.00 bits per heavy atom. The van der Waals surface area contributed by atoms with E-state index in [0.29, 0.717) is 11.5 Å². The fourth-order valence-corrected chi connectivity index (χ4v) is 1.53. The van der Waals surface area contributed by atoms with Crippen molar-refractivity contribution in [2.75, 3.05) is 13.7 Å². The number of methoxy groups -OCH3 is 1. The second-order valence-electron chi connectivity index (χ2n) is 5.07. The van der Waals surface area contributed by atoms with Gasteiger partial charge in [0, 0.05) is 12.1 Å². The van der Waals surface area contributed by atoms with E-state index in [1.165, 1.54) is 0 Å². The van der Waals surface area contributed by atoms with Crippen LogP contribution in [0, 0.1) is 12.3 Å². The molecule has 0 fully saturated rings. The minimum atomic E-state index is 0. The van der Waals surface area contributed by atoms with Crippen LogP contribution in [0.5, 0.6) is 11.5 Å². The van der Waals surface area contributed by atoms with Gasteiger partial charge in [-0.25, -0.2) is 0 Å². The van der Waals surface area contributed by atoms with Crippen molar-refractivity contribution >= 4 is 12.4 Å². The molecular formula is C16H24ClNO2. The lowest BCUT2D eigenvalue weighted by atomic mass is 10.0. The molecule has 3 nitrogen and oxygen atoms in total. The Morgan fingerprint density at radius 1 is 1.30 bits per heavy atom. The fraction of sp³-hybridized carbons (Fsp3) is 0.500. The first kappa shape index (κ1) is 18.6. The van der Waals surface area contributed by atoms with Crippen molar-refractivity contribution in [3.63, 3.8) is 0 Å². The molecule has 112 valence electrons. The van der Waals surface area contributed by atoms with Crippen molar-refractivity contribution in [2.24, 2.45) is 0 Å². The molecule has 0 saturated carbocycles. The number of halogens is 1. The molecular weight excluding hydrogens is 274 g/mol. The summed E-state index contributed by atoms with van der Waals surface area (Å²) in [5, 5.41) is 3.51. The van der Waals surface area contributed by atoms with Crippen LogP contribution in [-0.4, -0.2) is 19.3 Å². The largest absolute Gasteiger partial charge is 0.493 e. The van der Waals surface area contributed by atoms with Crippen molar-refractivity contribution in [1.29, 1.82) is 0 Å². The maximum Gasteiger partial charge on any atom is 0.162 e. The van der Waals surface area contributed by atoms with Gasteiger partial charge in [0.15, 0.2) is 11.5 Å². The number of rotatable bonds is 7. The number of hydrogen-bond acceptors (Lipinski definition) is 3. The Bertz CT molecular complexity index is 452. The maximum absolute atomic E-state index is 5.42. The van der Waals surface area contributed by atoms with Crippen molar-refractivity contribution in [3.05, 3.63) is 23.8 Å². The lowest BCUT2D eigenvalue weighted by molar-refractivity contribution is 0.330. The van der Waals surface area contributed by atoms with Gasteiger partial charge >= 0.3 is 0 Å². The Hall–Kier alpha value is -1.37. The van der Waals surface area contributed by atoms with Gasteiger partial charge in [-0.05, 0) is 38.0 Å². The molecule has 1 aromatic rings. The van der Waals surface area contributed by atoms with Crippen LogP contribution in [0.25, 0.3) is 0 Å². The first-order chi connectivity index (χ1) is 9.02. The standard InChI is InChI=1S/C16H23NO2.ClH/c1-6-10-19-14-9-8-13(11-15(14)18-5)12-17-16(3,4)7-2;/h1,8-9,11,17H,7,10,12H2,2-5H3;1H. The van der Waals surface area contributed by atoms with Gasteiger partial charge in [-0.1, -0.05) is 18.9 Å². The molecule has 0 atom stereocenters. The average molecular weight is 298 g/mol. The molecule has 4 heteroatoms. The van der Waals surface area contributed by atoms with Crippen molar-refractivity contribution in [2.45, 2.75) is 39.3 Å². The first-order valence-corrected chi connectivity index (χ1v) is 6.50. The zero-order chi connectivity index (χ0) is 14.3. The summed E-state index contributed by atoms with van der Waals surface area (Å²) in [7, 11) is 1.63. The zero-order valence-electron chi connectivity index (χ0n) is 12.7. The summed E-state index contributed by atoms with van der Waals surface area (Å²) in [4.78, 5) is 0. The van der Waals surface area contributed by atoms with Crippen molar-refractivity contribution < 1.29 is 9.47 Å². The van der Waals surface area contributed by atoms with E-state index in [1.54, 1.807) is 7.11 Å². The predicted octanol–water partition coefficient (Wildman–Crippen LogP) is 3.41. The second-order valence-corrected chi connectivity index (χ2v) is 5.07. The summed E-state index contributed by atoms with van der Waals surface area (Å²) in [5.74, 6) is 3.84. The molecule has 0 saturated heterocycles. The summed E-state index contributed by atoms with van der Waals surface area (Å²) in [6.07, 6.45) is 6.26. The van der Waals surface area contributed by atoms with Gasteiger partial charge in [-0.3, -0.25) is 0 Å². The fourth-order valence-electron chi connectivity index (χ4n) is 1.53. The third-order valence-electron chi connectivity index (χ3n) is 3.19. The van der Waals surface area contributed by atoms with Crippen LogP contribution in [0.3, 0.4) is 0 Å². The smallest absolute Gasteiger partial charge is 0.162 e. The molecule has 0 spiro atoms. The highest BCUT2D eigenvalue weighted by atomic mass is 35.5. The van der Waals surface area contributed by atoms with Gasteiger partial charge in [0.25, 0.3) is 0 Å². The number of terminal acetylenes is 1. The van der Waals surface area contributed by atoms with Crippen LogP contribution < -0.4 is 14.8 Å². The van der Waals surface area contributed by atoms with Crippen LogP contribution in [0.15, 0.2) is 18.2 Å². The van der Waals surface area contributed by atoms with Gasteiger partial charge in [0.1, 0.15) is 6.61 Å². The molecule has 20 heavy (non-hydrogen) atoms. The molecule has 1 rings (SSSR count). The van der Waals surface area contributed by atoms with E-state index in [1.807, 2.05) is 18.2 Å². The lowest BCUT2D eigenvalue weighted by Crippen LogP contribution is -2.37. The molecule has 0 aliphatic carbocycles. The molecule has 0 aliphatic rings. The minimum absolute atomic E-state index is 0.